The summed E-state index contributed by atoms with van der Waals surface area (Å²) in [5.74, 6) is 1.23. The number of benzene rings is 3. The van der Waals surface area contributed by atoms with Gasteiger partial charge in [0.2, 0.25) is 0 Å². The van der Waals surface area contributed by atoms with Crippen molar-refractivity contribution in [2.75, 3.05) is 13.7 Å². The van der Waals surface area contributed by atoms with Gasteiger partial charge >= 0.3 is 5.97 Å². The Labute approximate surface area is 175 Å². The van der Waals surface area contributed by atoms with Gasteiger partial charge in [-0.05, 0) is 54.1 Å². The van der Waals surface area contributed by atoms with Gasteiger partial charge in [0.15, 0.2) is 0 Å². The van der Waals surface area contributed by atoms with Crippen LogP contribution in [0.3, 0.4) is 0 Å². The Balaban J connectivity index is 1.45. The molecule has 0 fully saturated rings. The lowest BCUT2D eigenvalue weighted by Crippen LogP contribution is -2.21. The maximum Gasteiger partial charge on any atom is 0.343 e. The molecule has 156 valence electrons. The molecule has 0 heterocycles. The molecular weight excluding hydrogens is 384 g/mol. The van der Waals surface area contributed by atoms with Crippen molar-refractivity contribution >= 4 is 5.97 Å². The second-order valence-electron chi connectivity index (χ2n) is 6.65. The van der Waals surface area contributed by atoms with Gasteiger partial charge in [0.1, 0.15) is 23.4 Å². The molecule has 0 saturated carbocycles. The molecule has 0 aliphatic heterocycles. The lowest BCUT2D eigenvalue weighted by molar-refractivity contribution is 0.00611. The SMILES string of the molecule is COc1ccc([C@@H](O)[C@H](O)CCOc2ccc(OC(=O)c3ccccc3)cc2)cc1. The summed E-state index contributed by atoms with van der Waals surface area (Å²) >= 11 is 0. The third kappa shape index (κ3) is 5.83. The van der Waals surface area contributed by atoms with E-state index in [1.54, 1.807) is 79.9 Å². The van der Waals surface area contributed by atoms with E-state index in [-0.39, 0.29) is 13.0 Å². The second-order valence-corrected chi connectivity index (χ2v) is 6.65. The normalized spacial score (nSPS) is 12.6. The molecule has 0 amide bonds. The Morgan fingerprint density at radius 3 is 2.07 bits per heavy atom. The van der Waals surface area contributed by atoms with Gasteiger partial charge in [-0.25, -0.2) is 4.79 Å². The number of ether oxygens (including phenoxy) is 3. The van der Waals surface area contributed by atoms with Crippen LogP contribution in [0.5, 0.6) is 17.2 Å². The Bertz CT molecular complexity index is 922. The summed E-state index contributed by atoms with van der Waals surface area (Å²) in [6, 6.07) is 22.3. The number of aliphatic hydroxyl groups excluding tert-OH is 2. The standard InChI is InChI=1S/C24H24O6/c1-28-19-9-7-17(8-10-19)23(26)22(25)15-16-29-20-11-13-21(14-12-20)30-24(27)18-5-3-2-4-6-18/h2-14,22-23,25-26H,15-16H2,1H3/t22-,23-/m1/s1. The van der Waals surface area contributed by atoms with E-state index in [2.05, 4.69) is 0 Å². The monoisotopic (exact) mass is 408 g/mol. The van der Waals surface area contributed by atoms with Gasteiger partial charge in [-0.2, -0.15) is 0 Å². The number of hydrogen-bond acceptors (Lipinski definition) is 6. The van der Waals surface area contributed by atoms with E-state index in [0.717, 1.165) is 0 Å². The predicted molar refractivity (Wildman–Crippen MR) is 112 cm³/mol. The highest BCUT2D eigenvalue weighted by Gasteiger charge is 2.18. The van der Waals surface area contributed by atoms with Crippen LogP contribution < -0.4 is 14.2 Å². The van der Waals surface area contributed by atoms with Crippen LogP contribution in [0, 0.1) is 0 Å². The van der Waals surface area contributed by atoms with E-state index in [1.165, 1.54) is 0 Å². The van der Waals surface area contributed by atoms with E-state index in [4.69, 9.17) is 14.2 Å². The molecule has 0 unspecified atom stereocenters. The molecule has 0 aliphatic rings. The molecule has 0 saturated heterocycles. The fraction of sp³-hybridized carbons (Fsp3) is 0.208. The lowest BCUT2D eigenvalue weighted by atomic mass is 10.0. The summed E-state index contributed by atoms with van der Waals surface area (Å²) in [5.41, 5.74) is 1.08. The van der Waals surface area contributed by atoms with Crippen molar-refractivity contribution in [3.63, 3.8) is 0 Å². The van der Waals surface area contributed by atoms with E-state index in [9.17, 15) is 15.0 Å². The summed E-state index contributed by atoms with van der Waals surface area (Å²) in [6.07, 6.45) is -1.73. The third-order valence-electron chi connectivity index (χ3n) is 4.55. The fourth-order valence-corrected chi connectivity index (χ4v) is 2.82. The fourth-order valence-electron chi connectivity index (χ4n) is 2.82. The maximum atomic E-state index is 12.1. The highest BCUT2D eigenvalue weighted by molar-refractivity contribution is 5.90. The highest BCUT2D eigenvalue weighted by Crippen LogP contribution is 2.23. The van der Waals surface area contributed by atoms with Crippen molar-refractivity contribution in [1.82, 2.24) is 0 Å². The van der Waals surface area contributed by atoms with Crippen LogP contribution in [0.1, 0.15) is 28.4 Å². The van der Waals surface area contributed by atoms with Crippen molar-refractivity contribution in [3.8, 4) is 17.2 Å². The molecule has 0 radical (unpaired) electrons. The molecule has 2 atom stereocenters. The van der Waals surface area contributed by atoms with Crippen molar-refractivity contribution in [2.24, 2.45) is 0 Å². The lowest BCUT2D eigenvalue weighted by Gasteiger charge is -2.18. The molecule has 0 bridgehead atoms. The Morgan fingerprint density at radius 1 is 0.833 bits per heavy atom. The van der Waals surface area contributed by atoms with E-state index in [0.29, 0.717) is 28.4 Å². The number of carbonyl (C=O) groups excluding carboxylic acids is 1. The van der Waals surface area contributed by atoms with Crippen LogP contribution in [-0.2, 0) is 0 Å². The molecule has 6 heteroatoms. The van der Waals surface area contributed by atoms with Crippen molar-refractivity contribution < 1.29 is 29.2 Å². The Morgan fingerprint density at radius 2 is 1.43 bits per heavy atom. The van der Waals surface area contributed by atoms with E-state index < -0.39 is 18.2 Å². The topological polar surface area (TPSA) is 85.2 Å². The number of rotatable bonds is 9. The first kappa shape index (κ1) is 21.4. The molecule has 0 aromatic heterocycles. The number of hydrogen-bond donors (Lipinski definition) is 2. The summed E-state index contributed by atoms with van der Waals surface area (Å²) < 4.78 is 16.0. The summed E-state index contributed by atoms with van der Waals surface area (Å²) in [4.78, 5) is 12.1. The zero-order valence-electron chi connectivity index (χ0n) is 16.6. The van der Waals surface area contributed by atoms with Crippen LogP contribution in [-0.4, -0.2) is 36.0 Å². The average Bonchev–Trinajstić information content (AvgIpc) is 2.80. The molecule has 6 nitrogen and oxygen atoms in total. The van der Waals surface area contributed by atoms with Gasteiger partial charge in [0, 0.05) is 6.42 Å². The summed E-state index contributed by atoms with van der Waals surface area (Å²) in [6.45, 7) is 0.220. The van der Waals surface area contributed by atoms with Gasteiger partial charge in [0.25, 0.3) is 0 Å². The van der Waals surface area contributed by atoms with Crippen LogP contribution in [0.25, 0.3) is 0 Å². The smallest absolute Gasteiger partial charge is 0.343 e. The van der Waals surface area contributed by atoms with E-state index >= 15 is 0 Å². The largest absolute Gasteiger partial charge is 0.497 e. The Hall–Kier alpha value is -3.35. The average molecular weight is 408 g/mol. The van der Waals surface area contributed by atoms with Crippen LogP contribution >= 0.6 is 0 Å². The molecule has 2 N–H and O–H groups in total. The molecule has 3 rings (SSSR count). The number of esters is 1. The van der Waals surface area contributed by atoms with Gasteiger partial charge in [-0.1, -0.05) is 30.3 Å². The molecule has 30 heavy (non-hydrogen) atoms. The molecule has 3 aromatic rings. The third-order valence-corrected chi connectivity index (χ3v) is 4.55. The van der Waals surface area contributed by atoms with Crippen LogP contribution in [0.4, 0.5) is 0 Å². The molecule has 0 aliphatic carbocycles. The van der Waals surface area contributed by atoms with Gasteiger partial charge in [0.05, 0.1) is 25.4 Å². The summed E-state index contributed by atoms with van der Waals surface area (Å²) in [5, 5.41) is 20.5. The first-order chi connectivity index (χ1) is 14.6. The predicted octanol–water partition coefficient (Wildman–Crippen LogP) is 3.78. The minimum atomic E-state index is -1.01. The number of carbonyl (C=O) groups is 1. The van der Waals surface area contributed by atoms with Crippen molar-refractivity contribution in [1.29, 1.82) is 0 Å². The zero-order chi connectivity index (χ0) is 21.3. The Kier molecular flexibility index (Phi) is 7.43. The number of aliphatic hydroxyl groups is 2. The van der Waals surface area contributed by atoms with Gasteiger partial charge in [-0.15, -0.1) is 0 Å². The zero-order valence-corrected chi connectivity index (χ0v) is 16.6. The first-order valence-corrected chi connectivity index (χ1v) is 9.57. The molecule has 0 spiro atoms. The van der Waals surface area contributed by atoms with E-state index in [1.807, 2.05) is 6.07 Å². The van der Waals surface area contributed by atoms with Crippen molar-refractivity contribution in [2.45, 2.75) is 18.6 Å². The maximum absolute atomic E-state index is 12.1. The molecular formula is C24H24O6. The highest BCUT2D eigenvalue weighted by atomic mass is 16.5. The van der Waals surface area contributed by atoms with Crippen LogP contribution in [0.2, 0.25) is 0 Å². The summed E-state index contributed by atoms with van der Waals surface area (Å²) in [7, 11) is 1.57. The van der Waals surface area contributed by atoms with Gasteiger partial charge in [-0.3, -0.25) is 0 Å². The van der Waals surface area contributed by atoms with Gasteiger partial charge < -0.3 is 24.4 Å². The second kappa shape index (κ2) is 10.4. The minimum Gasteiger partial charge on any atom is -0.497 e. The minimum absolute atomic E-state index is 0.220. The quantitative estimate of drug-likeness (QED) is 0.414. The number of methoxy groups -OCH3 is 1. The first-order valence-electron chi connectivity index (χ1n) is 9.57. The van der Waals surface area contributed by atoms with Crippen molar-refractivity contribution in [3.05, 3.63) is 90.0 Å². The van der Waals surface area contributed by atoms with Crippen LogP contribution in [0.15, 0.2) is 78.9 Å². The molecule has 3 aromatic carbocycles.